The fourth-order valence-electron chi connectivity index (χ4n) is 1.78. The molecule has 0 aliphatic carbocycles. The molecule has 2 N–H and O–H groups in total. The molecule has 0 radical (unpaired) electrons. The number of rotatable bonds is 6. The van der Waals surface area contributed by atoms with Crippen molar-refractivity contribution in [3.63, 3.8) is 0 Å². The SMILES string of the molecule is CN=C(NCCNS(C)(=O)=O)N(C)Cc1cccc(F)c1.I. The Morgan fingerprint density at radius 3 is 2.59 bits per heavy atom. The predicted octanol–water partition coefficient (Wildman–Crippen LogP) is 1.00. The summed E-state index contributed by atoms with van der Waals surface area (Å²) < 4.78 is 37.4. The van der Waals surface area contributed by atoms with E-state index in [2.05, 4.69) is 15.0 Å². The molecule has 6 nitrogen and oxygen atoms in total. The molecule has 0 amide bonds. The fourth-order valence-corrected chi connectivity index (χ4v) is 2.25. The Hall–Kier alpha value is -0.940. The standard InChI is InChI=1S/C13H21FN4O2S.HI/c1-15-13(16-7-8-17-21(3,19)20)18(2)10-11-5-4-6-12(14)9-11;/h4-6,9,17H,7-8,10H2,1-3H3,(H,15,16);1H. The van der Waals surface area contributed by atoms with Gasteiger partial charge in [0, 0.05) is 33.7 Å². The van der Waals surface area contributed by atoms with Crippen LogP contribution >= 0.6 is 24.0 Å². The molecule has 9 heteroatoms. The zero-order valence-electron chi connectivity index (χ0n) is 12.8. The Labute approximate surface area is 148 Å². The monoisotopic (exact) mass is 444 g/mol. The molecule has 126 valence electrons. The van der Waals surface area contributed by atoms with Crippen LogP contribution in [-0.2, 0) is 16.6 Å². The number of halogens is 2. The van der Waals surface area contributed by atoms with Gasteiger partial charge in [-0.25, -0.2) is 17.5 Å². The summed E-state index contributed by atoms with van der Waals surface area (Å²) in [5, 5.41) is 3.03. The third kappa shape index (κ3) is 8.49. The number of benzene rings is 1. The molecule has 0 spiro atoms. The van der Waals surface area contributed by atoms with Crippen LogP contribution in [0.2, 0.25) is 0 Å². The van der Waals surface area contributed by atoms with Gasteiger partial charge in [-0.15, -0.1) is 24.0 Å². The van der Waals surface area contributed by atoms with Crippen LogP contribution in [0, 0.1) is 5.82 Å². The van der Waals surface area contributed by atoms with Gasteiger partial charge >= 0.3 is 0 Å². The Morgan fingerprint density at radius 2 is 2.05 bits per heavy atom. The number of sulfonamides is 1. The first-order valence-corrected chi connectivity index (χ1v) is 8.32. The van der Waals surface area contributed by atoms with Gasteiger partial charge in [0.2, 0.25) is 10.0 Å². The Balaban J connectivity index is 0.00000441. The maximum Gasteiger partial charge on any atom is 0.208 e. The number of aliphatic imine (C=N–C) groups is 1. The zero-order valence-corrected chi connectivity index (χ0v) is 16.0. The highest BCUT2D eigenvalue weighted by atomic mass is 127. The number of hydrogen-bond acceptors (Lipinski definition) is 3. The van der Waals surface area contributed by atoms with Gasteiger partial charge in [-0.1, -0.05) is 12.1 Å². The summed E-state index contributed by atoms with van der Waals surface area (Å²) in [6.07, 6.45) is 1.11. The molecule has 0 aromatic heterocycles. The fraction of sp³-hybridized carbons (Fsp3) is 0.462. The smallest absolute Gasteiger partial charge is 0.208 e. The Kier molecular flexibility index (Phi) is 9.53. The van der Waals surface area contributed by atoms with E-state index in [0.29, 0.717) is 19.0 Å². The molecule has 0 fully saturated rings. The maximum absolute atomic E-state index is 13.1. The minimum atomic E-state index is -3.19. The number of nitrogens with zero attached hydrogens (tertiary/aromatic N) is 2. The van der Waals surface area contributed by atoms with Crippen molar-refractivity contribution in [3.05, 3.63) is 35.6 Å². The van der Waals surface area contributed by atoms with Gasteiger partial charge in [-0.2, -0.15) is 0 Å². The highest BCUT2D eigenvalue weighted by Crippen LogP contribution is 2.06. The number of hydrogen-bond donors (Lipinski definition) is 2. The van der Waals surface area contributed by atoms with Crippen molar-refractivity contribution in [2.75, 3.05) is 33.4 Å². The minimum Gasteiger partial charge on any atom is -0.355 e. The quantitative estimate of drug-likeness (QED) is 0.297. The van der Waals surface area contributed by atoms with Gasteiger partial charge in [-0.3, -0.25) is 4.99 Å². The van der Waals surface area contributed by atoms with Crippen LogP contribution in [0.4, 0.5) is 4.39 Å². The van der Waals surface area contributed by atoms with Crippen LogP contribution in [-0.4, -0.2) is 52.7 Å². The molecule has 0 atom stereocenters. The summed E-state index contributed by atoms with van der Waals surface area (Å²) in [5.41, 5.74) is 0.828. The molecule has 0 unspecified atom stereocenters. The predicted molar refractivity (Wildman–Crippen MR) is 97.5 cm³/mol. The maximum atomic E-state index is 13.1. The molecular formula is C13H22FIN4O2S. The lowest BCUT2D eigenvalue weighted by atomic mass is 10.2. The van der Waals surface area contributed by atoms with Crippen LogP contribution in [0.3, 0.4) is 0 Å². The molecule has 22 heavy (non-hydrogen) atoms. The van der Waals surface area contributed by atoms with Crippen molar-refractivity contribution < 1.29 is 12.8 Å². The molecular weight excluding hydrogens is 422 g/mol. The lowest BCUT2D eigenvalue weighted by Crippen LogP contribution is -2.42. The van der Waals surface area contributed by atoms with Gasteiger partial charge < -0.3 is 10.2 Å². The first kappa shape index (κ1) is 21.1. The zero-order chi connectivity index (χ0) is 15.9. The molecule has 0 saturated carbocycles. The molecule has 1 aromatic carbocycles. The van der Waals surface area contributed by atoms with E-state index in [9.17, 15) is 12.8 Å². The Morgan fingerprint density at radius 1 is 1.36 bits per heavy atom. The van der Waals surface area contributed by atoms with Gasteiger partial charge in [-0.05, 0) is 17.7 Å². The van der Waals surface area contributed by atoms with Crippen molar-refractivity contribution in [2.24, 2.45) is 4.99 Å². The second-order valence-electron chi connectivity index (χ2n) is 4.63. The molecule has 0 aliphatic rings. The normalized spacial score (nSPS) is 11.7. The summed E-state index contributed by atoms with van der Waals surface area (Å²) in [5.74, 6) is 0.329. The first-order valence-electron chi connectivity index (χ1n) is 6.42. The van der Waals surface area contributed by atoms with E-state index in [1.54, 1.807) is 13.1 Å². The van der Waals surface area contributed by atoms with Crippen molar-refractivity contribution >= 4 is 40.0 Å². The van der Waals surface area contributed by atoms with E-state index < -0.39 is 10.0 Å². The van der Waals surface area contributed by atoms with E-state index >= 15 is 0 Å². The van der Waals surface area contributed by atoms with E-state index in [1.807, 2.05) is 18.0 Å². The highest BCUT2D eigenvalue weighted by molar-refractivity contribution is 14.0. The molecule has 0 aliphatic heterocycles. The third-order valence-corrected chi connectivity index (χ3v) is 3.38. The average Bonchev–Trinajstić information content (AvgIpc) is 2.37. The van der Waals surface area contributed by atoms with Crippen LogP contribution in [0.25, 0.3) is 0 Å². The largest absolute Gasteiger partial charge is 0.355 e. The second-order valence-corrected chi connectivity index (χ2v) is 6.46. The minimum absolute atomic E-state index is 0. The summed E-state index contributed by atoms with van der Waals surface area (Å²) in [6.45, 7) is 1.18. The topological polar surface area (TPSA) is 73.8 Å². The van der Waals surface area contributed by atoms with Crippen LogP contribution in [0.1, 0.15) is 5.56 Å². The molecule has 0 saturated heterocycles. The molecule has 1 aromatic rings. The van der Waals surface area contributed by atoms with Crippen LogP contribution in [0.5, 0.6) is 0 Å². The first-order chi connectivity index (χ1) is 9.81. The van der Waals surface area contributed by atoms with E-state index in [4.69, 9.17) is 0 Å². The lowest BCUT2D eigenvalue weighted by Gasteiger charge is -2.22. The van der Waals surface area contributed by atoms with Gasteiger partial charge in [0.25, 0.3) is 0 Å². The van der Waals surface area contributed by atoms with Gasteiger partial charge in [0.15, 0.2) is 5.96 Å². The van der Waals surface area contributed by atoms with E-state index in [-0.39, 0.29) is 36.3 Å². The molecule has 1 rings (SSSR count). The molecule has 0 bridgehead atoms. The van der Waals surface area contributed by atoms with Crippen molar-refractivity contribution in [1.82, 2.24) is 14.9 Å². The molecule has 0 heterocycles. The Bertz CT molecular complexity index is 595. The number of guanidine groups is 1. The second kappa shape index (κ2) is 9.95. The van der Waals surface area contributed by atoms with Crippen LogP contribution in [0.15, 0.2) is 29.3 Å². The summed E-state index contributed by atoms with van der Waals surface area (Å²) in [4.78, 5) is 5.93. The van der Waals surface area contributed by atoms with Gasteiger partial charge in [0.1, 0.15) is 5.82 Å². The van der Waals surface area contributed by atoms with Crippen molar-refractivity contribution in [2.45, 2.75) is 6.54 Å². The van der Waals surface area contributed by atoms with Crippen molar-refractivity contribution in [1.29, 1.82) is 0 Å². The van der Waals surface area contributed by atoms with Crippen molar-refractivity contribution in [3.8, 4) is 0 Å². The van der Waals surface area contributed by atoms with Crippen LogP contribution < -0.4 is 10.0 Å². The summed E-state index contributed by atoms with van der Waals surface area (Å²) in [7, 11) is 0.269. The lowest BCUT2D eigenvalue weighted by molar-refractivity contribution is 0.475. The summed E-state index contributed by atoms with van der Waals surface area (Å²) >= 11 is 0. The van der Waals surface area contributed by atoms with Gasteiger partial charge in [0.05, 0.1) is 6.26 Å². The summed E-state index contributed by atoms with van der Waals surface area (Å²) in [6, 6.07) is 6.35. The number of nitrogens with one attached hydrogen (secondary N) is 2. The van der Waals surface area contributed by atoms with E-state index in [0.717, 1.165) is 11.8 Å². The third-order valence-electron chi connectivity index (χ3n) is 2.65. The average molecular weight is 444 g/mol. The highest BCUT2D eigenvalue weighted by Gasteiger charge is 2.07. The van der Waals surface area contributed by atoms with E-state index in [1.165, 1.54) is 12.1 Å².